The topological polar surface area (TPSA) is 84.6 Å². The number of benzene rings is 2. The number of nitro groups is 1. The van der Waals surface area contributed by atoms with Crippen LogP contribution in [0.15, 0.2) is 42.5 Å². The van der Waals surface area contributed by atoms with Crippen LogP contribution in [0.4, 0.5) is 11.4 Å². The van der Waals surface area contributed by atoms with Gasteiger partial charge in [-0.05, 0) is 17.2 Å². The number of hydrogen-bond donors (Lipinski definition) is 2. The van der Waals surface area contributed by atoms with E-state index in [4.69, 9.17) is 4.74 Å². The Bertz CT molecular complexity index is 717. The van der Waals surface area contributed by atoms with Crippen molar-refractivity contribution in [2.75, 3.05) is 12.4 Å². The molecule has 3 rings (SSSR count). The van der Waals surface area contributed by atoms with Gasteiger partial charge in [-0.15, -0.1) is 0 Å². The lowest BCUT2D eigenvalue weighted by molar-refractivity contribution is -0.385. The second kappa shape index (κ2) is 5.65. The number of rotatable bonds is 4. The lowest BCUT2D eigenvalue weighted by Crippen LogP contribution is -2.21. The molecule has 0 saturated carbocycles. The van der Waals surface area contributed by atoms with Crippen molar-refractivity contribution in [2.45, 2.75) is 18.6 Å². The third kappa shape index (κ3) is 2.48. The van der Waals surface area contributed by atoms with Crippen LogP contribution in [0.5, 0.6) is 5.75 Å². The molecule has 0 fully saturated rings. The molecule has 2 N–H and O–H groups in total. The Kier molecular flexibility index (Phi) is 3.68. The molecule has 0 saturated heterocycles. The molecule has 0 spiro atoms. The van der Waals surface area contributed by atoms with Crippen molar-refractivity contribution in [3.63, 3.8) is 0 Å². The first-order valence-corrected chi connectivity index (χ1v) is 6.95. The molecule has 0 heterocycles. The standard InChI is InChI=1S/C16H16N2O4/c1-22-15-9-11(6-7-13(15)18(20)21)17-16-12-5-3-2-4-10(12)8-14(16)19/h2-7,9,14,16-17,19H,8H2,1H3/t14-,16+/m0/s1. The average Bonchev–Trinajstić information content (AvgIpc) is 2.83. The van der Waals surface area contributed by atoms with Gasteiger partial charge in [-0.1, -0.05) is 24.3 Å². The molecule has 2 atom stereocenters. The fourth-order valence-electron chi connectivity index (χ4n) is 2.85. The van der Waals surface area contributed by atoms with Gasteiger partial charge in [-0.25, -0.2) is 0 Å². The molecule has 0 radical (unpaired) electrons. The minimum Gasteiger partial charge on any atom is -0.490 e. The van der Waals surface area contributed by atoms with Crippen molar-refractivity contribution >= 4 is 11.4 Å². The van der Waals surface area contributed by atoms with Gasteiger partial charge >= 0.3 is 5.69 Å². The second-order valence-corrected chi connectivity index (χ2v) is 5.24. The molecule has 2 aromatic rings. The largest absolute Gasteiger partial charge is 0.490 e. The van der Waals surface area contributed by atoms with E-state index in [-0.39, 0.29) is 17.5 Å². The van der Waals surface area contributed by atoms with Crippen molar-refractivity contribution in [2.24, 2.45) is 0 Å². The molecule has 0 aliphatic heterocycles. The molecule has 1 aliphatic rings. The maximum absolute atomic E-state index is 10.9. The Hall–Kier alpha value is -2.60. The number of fused-ring (bicyclic) bond motifs is 1. The molecule has 0 unspecified atom stereocenters. The first-order chi connectivity index (χ1) is 10.6. The van der Waals surface area contributed by atoms with E-state index in [2.05, 4.69) is 5.32 Å². The highest BCUT2D eigenvalue weighted by Crippen LogP contribution is 2.36. The van der Waals surface area contributed by atoms with E-state index >= 15 is 0 Å². The molecule has 0 amide bonds. The van der Waals surface area contributed by atoms with Crippen LogP contribution >= 0.6 is 0 Å². The highest BCUT2D eigenvalue weighted by atomic mass is 16.6. The average molecular weight is 300 g/mol. The predicted octanol–water partition coefficient (Wildman–Crippen LogP) is 2.67. The van der Waals surface area contributed by atoms with Crippen LogP contribution in [0.1, 0.15) is 17.2 Å². The van der Waals surface area contributed by atoms with Gasteiger partial charge in [0.05, 0.1) is 24.2 Å². The lowest BCUT2D eigenvalue weighted by Gasteiger charge is -2.19. The van der Waals surface area contributed by atoms with E-state index < -0.39 is 11.0 Å². The zero-order chi connectivity index (χ0) is 15.7. The number of aliphatic hydroxyl groups is 1. The summed E-state index contributed by atoms with van der Waals surface area (Å²) < 4.78 is 5.06. The fourth-order valence-corrected chi connectivity index (χ4v) is 2.85. The SMILES string of the molecule is COc1cc(N[C@@H]2c3ccccc3C[C@@H]2O)ccc1[N+](=O)[O-]. The summed E-state index contributed by atoms with van der Waals surface area (Å²) >= 11 is 0. The number of ether oxygens (including phenoxy) is 1. The highest BCUT2D eigenvalue weighted by molar-refractivity contribution is 5.59. The first kappa shape index (κ1) is 14.3. The van der Waals surface area contributed by atoms with Crippen LogP contribution in [0.2, 0.25) is 0 Å². The zero-order valence-corrected chi connectivity index (χ0v) is 12.0. The summed E-state index contributed by atoms with van der Waals surface area (Å²) in [7, 11) is 1.39. The summed E-state index contributed by atoms with van der Waals surface area (Å²) in [5.74, 6) is 0.191. The van der Waals surface area contributed by atoms with E-state index in [9.17, 15) is 15.2 Å². The molecule has 6 heteroatoms. The number of aliphatic hydroxyl groups excluding tert-OH is 1. The third-order valence-corrected chi connectivity index (χ3v) is 3.90. The van der Waals surface area contributed by atoms with Gasteiger partial charge in [0.2, 0.25) is 0 Å². The summed E-state index contributed by atoms with van der Waals surface area (Å²) in [6, 6.07) is 12.2. The number of nitrogens with zero attached hydrogens (tertiary/aromatic N) is 1. The van der Waals surface area contributed by atoms with E-state index in [1.165, 1.54) is 13.2 Å². The summed E-state index contributed by atoms with van der Waals surface area (Å²) in [6.45, 7) is 0. The van der Waals surface area contributed by atoms with Gasteiger partial charge in [-0.3, -0.25) is 10.1 Å². The normalized spacial score (nSPS) is 19.5. The molecular formula is C16H16N2O4. The Labute approximate surface area is 127 Å². The molecule has 114 valence electrons. The van der Waals surface area contributed by atoms with Crippen molar-refractivity contribution in [3.05, 3.63) is 63.7 Å². The highest BCUT2D eigenvalue weighted by Gasteiger charge is 2.30. The van der Waals surface area contributed by atoms with Gasteiger partial charge in [0.1, 0.15) is 0 Å². The predicted molar refractivity (Wildman–Crippen MR) is 82.2 cm³/mol. The molecule has 2 aromatic carbocycles. The Balaban J connectivity index is 1.89. The summed E-state index contributed by atoms with van der Waals surface area (Å²) in [6.07, 6.45) is 0.0661. The number of nitro benzene ring substituents is 1. The number of nitrogens with one attached hydrogen (secondary N) is 1. The van der Waals surface area contributed by atoms with Crippen LogP contribution in [0.25, 0.3) is 0 Å². The van der Waals surface area contributed by atoms with Gasteiger partial charge in [0, 0.05) is 24.2 Å². The Morgan fingerprint density at radius 1 is 1.32 bits per heavy atom. The van der Waals surface area contributed by atoms with Gasteiger partial charge in [0.15, 0.2) is 5.75 Å². The van der Waals surface area contributed by atoms with E-state index in [1.54, 1.807) is 12.1 Å². The molecule has 0 aromatic heterocycles. The van der Waals surface area contributed by atoms with Crippen molar-refractivity contribution < 1.29 is 14.8 Å². The summed E-state index contributed by atoms with van der Waals surface area (Å²) in [5, 5.41) is 24.4. The van der Waals surface area contributed by atoms with Gasteiger partial charge in [-0.2, -0.15) is 0 Å². The molecule has 0 bridgehead atoms. The first-order valence-electron chi connectivity index (χ1n) is 6.95. The molecular weight excluding hydrogens is 284 g/mol. The van der Waals surface area contributed by atoms with Crippen LogP contribution in [-0.4, -0.2) is 23.2 Å². The molecule has 6 nitrogen and oxygen atoms in total. The summed E-state index contributed by atoms with van der Waals surface area (Å²) in [4.78, 5) is 10.4. The van der Waals surface area contributed by atoms with Gasteiger partial charge in [0.25, 0.3) is 0 Å². The number of anilines is 1. The maximum atomic E-state index is 10.9. The van der Waals surface area contributed by atoms with E-state index in [0.717, 1.165) is 11.1 Å². The number of methoxy groups -OCH3 is 1. The van der Waals surface area contributed by atoms with Crippen molar-refractivity contribution in [3.8, 4) is 5.75 Å². The van der Waals surface area contributed by atoms with E-state index in [1.807, 2.05) is 24.3 Å². The van der Waals surface area contributed by atoms with Crippen LogP contribution in [0, 0.1) is 10.1 Å². The maximum Gasteiger partial charge on any atom is 0.311 e. The van der Waals surface area contributed by atoms with Crippen molar-refractivity contribution in [1.29, 1.82) is 0 Å². The van der Waals surface area contributed by atoms with Gasteiger partial charge < -0.3 is 15.2 Å². The lowest BCUT2D eigenvalue weighted by atomic mass is 10.1. The Morgan fingerprint density at radius 3 is 2.82 bits per heavy atom. The number of hydrogen-bond acceptors (Lipinski definition) is 5. The minimum absolute atomic E-state index is 0.0829. The minimum atomic E-state index is -0.529. The monoisotopic (exact) mass is 300 g/mol. The molecule has 22 heavy (non-hydrogen) atoms. The second-order valence-electron chi connectivity index (χ2n) is 5.24. The molecule has 1 aliphatic carbocycles. The van der Waals surface area contributed by atoms with Crippen LogP contribution in [-0.2, 0) is 6.42 Å². The van der Waals surface area contributed by atoms with Crippen LogP contribution in [0.3, 0.4) is 0 Å². The van der Waals surface area contributed by atoms with Crippen LogP contribution < -0.4 is 10.1 Å². The Morgan fingerprint density at radius 2 is 2.09 bits per heavy atom. The smallest absolute Gasteiger partial charge is 0.311 e. The summed E-state index contributed by atoms with van der Waals surface area (Å²) in [5.41, 5.74) is 2.75. The van der Waals surface area contributed by atoms with E-state index in [0.29, 0.717) is 12.1 Å². The van der Waals surface area contributed by atoms with Crippen molar-refractivity contribution in [1.82, 2.24) is 0 Å². The zero-order valence-electron chi connectivity index (χ0n) is 12.0. The third-order valence-electron chi connectivity index (χ3n) is 3.90. The quantitative estimate of drug-likeness (QED) is 0.670. The fraction of sp³-hybridized carbons (Fsp3) is 0.250.